The molecule has 0 aliphatic rings. The second-order valence-corrected chi connectivity index (χ2v) is 5.18. The van der Waals surface area contributed by atoms with Gasteiger partial charge < -0.3 is 5.32 Å². The molecule has 1 aromatic carbocycles. The first kappa shape index (κ1) is 12.3. The van der Waals surface area contributed by atoms with E-state index in [-0.39, 0.29) is 0 Å². The Balaban J connectivity index is 2.06. The zero-order valence-electron chi connectivity index (χ0n) is 9.64. The number of hydrogen-bond donors (Lipinski definition) is 1. The van der Waals surface area contributed by atoms with E-state index in [1.54, 1.807) is 12.3 Å². The molecular formula is C13H8BrClN4. The molecule has 3 rings (SSSR count). The number of aromatic nitrogens is 3. The molecule has 0 spiro atoms. The highest BCUT2D eigenvalue weighted by Crippen LogP contribution is 2.26. The van der Waals surface area contributed by atoms with Gasteiger partial charge in [0.25, 0.3) is 0 Å². The van der Waals surface area contributed by atoms with Crippen LogP contribution in [-0.2, 0) is 0 Å². The van der Waals surface area contributed by atoms with Gasteiger partial charge in [0.15, 0.2) is 0 Å². The summed E-state index contributed by atoms with van der Waals surface area (Å²) in [5.41, 5.74) is 1.75. The average molecular weight is 336 g/mol. The van der Waals surface area contributed by atoms with Crippen molar-refractivity contribution in [3.8, 4) is 0 Å². The smallest absolute Gasteiger partial charge is 0.135 e. The Morgan fingerprint density at radius 3 is 2.84 bits per heavy atom. The highest BCUT2D eigenvalue weighted by Gasteiger charge is 2.04. The van der Waals surface area contributed by atoms with Gasteiger partial charge in [-0.3, -0.25) is 4.98 Å². The molecule has 0 unspecified atom stereocenters. The van der Waals surface area contributed by atoms with E-state index >= 15 is 0 Å². The minimum absolute atomic E-state index is 0.397. The highest BCUT2D eigenvalue weighted by molar-refractivity contribution is 9.10. The molecule has 1 N–H and O–H groups in total. The molecule has 0 aliphatic carbocycles. The van der Waals surface area contributed by atoms with E-state index in [1.165, 1.54) is 6.33 Å². The molecule has 0 aliphatic heterocycles. The fourth-order valence-corrected chi connectivity index (χ4v) is 2.27. The number of halogens is 2. The first-order valence-corrected chi connectivity index (χ1v) is 6.68. The van der Waals surface area contributed by atoms with Gasteiger partial charge in [0, 0.05) is 22.1 Å². The summed E-state index contributed by atoms with van der Waals surface area (Å²) in [4.78, 5) is 12.4. The van der Waals surface area contributed by atoms with Crippen LogP contribution in [0, 0.1) is 0 Å². The van der Waals surface area contributed by atoms with Crippen LogP contribution in [0.4, 0.5) is 11.5 Å². The lowest BCUT2D eigenvalue weighted by Gasteiger charge is -2.08. The lowest BCUT2D eigenvalue weighted by atomic mass is 10.2. The fourth-order valence-electron chi connectivity index (χ4n) is 1.77. The van der Waals surface area contributed by atoms with Gasteiger partial charge in [-0.05, 0) is 28.1 Å². The predicted octanol–water partition coefficient (Wildman–Crippen LogP) is 4.18. The number of benzene rings is 1. The van der Waals surface area contributed by atoms with Crippen LogP contribution >= 0.6 is 27.5 Å². The molecule has 0 saturated heterocycles. The summed E-state index contributed by atoms with van der Waals surface area (Å²) in [5, 5.41) is 4.63. The van der Waals surface area contributed by atoms with E-state index in [1.807, 2.05) is 24.3 Å². The van der Waals surface area contributed by atoms with Crippen LogP contribution in [0.2, 0.25) is 5.15 Å². The van der Waals surface area contributed by atoms with E-state index in [0.717, 1.165) is 21.1 Å². The summed E-state index contributed by atoms with van der Waals surface area (Å²) >= 11 is 9.25. The maximum absolute atomic E-state index is 5.84. The van der Waals surface area contributed by atoms with Crippen molar-refractivity contribution in [3.05, 3.63) is 52.5 Å². The minimum atomic E-state index is 0.397. The van der Waals surface area contributed by atoms with Crippen LogP contribution < -0.4 is 5.32 Å². The monoisotopic (exact) mass is 334 g/mol. The highest BCUT2D eigenvalue weighted by atomic mass is 79.9. The molecule has 0 bridgehead atoms. The van der Waals surface area contributed by atoms with Crippen LogP contribution in [0.25, 0.3) is 10.9 Å². The second-order valence-electron chi connectivity index (χ2n) is 3.88. The Morgan fingerprint density at radius 2 is 2.00 bits per heavy atom. The summed E-state index contributed by atoms with van der Waals surface area (Å²) in [6.07, 6.45) is 3.18. The van der Waals surface area contributed by atoms with Crippen LogP contribution in [0.15, 0.2) is 47.3 Å². The molecular weight excluding hydrogens is 328 g/mol. The van der Waals surface area contributed by atoms with Crippen molar-refractivity contribution in [1.29, 1.82) is 0 Å². The summed E-state index contributed by atoms with van der Waals surface area (Å²) < 4.78 is 0.947. The van der Waals surface area contributed by atoms with Crippen LogP contribution in [0.5, 0.6) is 0 Å². The largest absolute Gasteiger partial charge is 0.338 e. The topological polar surface area (TPSA) is 50.7 Å². The normalized spacial score (nSPS) is 10.6. The van der Waals surface area contributed by atoms with Crippen molar-refractivity contribution >= 4 is 49.9 Å². The summed E-state index contributed by atoms with van der Waals surface area (Å²) in [7, 11) is 0. The maximum atomic E-state index is 5.84. The Bertz CT molecular complexity index is 748. The Labute approximate surface area is 123 Å². The number of anilines is 2. The Hall–Kier alpha value is -1.72. The first-order chi connectivity index (χ1) is 9.22. The Morgan fingerprint density at radius 1 is 1.11 bits per heavy atom. The molecule has 0 radical (unpaired) electrons. The van der Waals surface area contributed by atoms with Gasteiger partial charge >= 0.3 is 0 Å². The predicted molar refractivity (Wildman–Crippen MR) is 79.8 cm³/mol. The molecule has 0 amide bonds. The van der Waals surface area contributed by atoms with Crippen molar-refractivity contribution in [2.45, 2.75) is 0 Å². The summed E-state index contributed by atoms with van der Waals surface area (Å²) in [6.45, 7) is 0. The van der Waals surface area contributed by atoms with Gasteiger partial charge in [0.1, 0.15) is 17.3 Å². The average Bonchev–Trinajstić information content (AvgIpc) is 2.38. The third-order valence-corrected chi connectivity index (χ3v) is 3.21. The standard InChI is InChI=1S/C13H8BrClN4/c14-9-4-8-2-1-3-10(13(8)16-6-9)19-12-5-11(15)17-7-18-12/h1-7H,(H,17,18,19). The van der Waals surface area contributed by atoms with E-state index < -0.39 is 0 Å². The number of pyridine rings is 1. The molecule has 4 nitrogen and oxygen atoms in total. The maximum Gasteiger partial charge on any atom is 0.135 e. The molecule has 3 aromatic rings. The van der Waals surface area contributed by atoms with Gasteiger partial charge in [-0.2, -0.15) is 0 Å². The van der Waals surface area contributed by atoms with Crippen molar-refractivity contribution in [2.75, 3.05) is 5.32 Å². The number of rotatable bonds is 2. The van der Waals surface area contributed by atoms with E-state index in [0.29, 0.717) is 11.0 Å². The number of nitrogens with zero attached hydrogens (tertiary/aromatic N) is 3. The first-order valence-electron chi connectivity index (χ1n) is 5.51. The second kappa shape index (κ2) is 5.11. The van der Waals surface area contributed by atoms with Gasteiger partial charge in [-0.1, -0.05) is 23.7 Å². The van der Waals surface area contributed by atoms with Gasteiger partial charge in [-0.25, -0.2) is 9.97 Å². The lowest BCUT2D eigenvalue weighted by molar-refractivity contribution is 1.17. The van der Waals surface area contributed by atoms with Crippen molar-refractivity contribution < 1.29 is 0 Å². The Kier molecular flexibility index (Phi) is 3.31. The van der Waals surface area contributed by atoms with E-state index in [9.17, 15) is 0 Å². The van der Waals surface area contributed by atoms with Crippen molar-refractivity contribution in [1.82, 2.24) is 15.0 Å². The van der Waals surface area contributed by atoms with Crippen LogP contribution in [0.3, 0.4) is 0 Å². The van der Waals surface area contributed by atoms with Crippen molar-refractivity contribution in [3.63, 3.8) is 0 Å². The number of hydrogen-bond acceptors (Lipinski definition) is 4. The molecule has 94 valence electrons. The fraction of sp³-hybridized carbons (Fsp3) is 0. The van der Waals surface area contributed by atoms with Gasteiger partial charge in [0.2, 0.25) is 0 Å². The van der Waals surface area contributed by atoms with E-state index in [4.69, 9.17) is 11.6 Å². The molecule has 6 heteroatoms. The van der Waals surface area contributed by atoms with Gasteiger partial charge in [-0.15, -0.1) is 0 Å². The zero-order chi connectivity index (χ0) is 13.2. The quantitative estimate of drug-likeness (QED) is 0.714. The SMILES string of the molecule is Clc1cc(Nc2cccc3cc(Br)cnc23)ncn1. The minimum Gasteiger partial charge on any atom is -0.338 e. The third kappa shape index (κ3) is 2.67. The molecule has 19 heavy (non-hydrogen) atoms. The molecule has 2 heterocycles. The number of fused-ring (bicyclic) bond motifs is 1. The molecule has 0 saturated carbocycles. The van der Waals surface area contributed by atoms with Gasteiger partial charge in [0.05, 0.1) is 11.2 Å². The number of para-hydroxylation sites is 1. The molecule has 0 atom stereocenters. The van der Waals surface area contributed by atoms with Crippen LogP contribution in [0.1, 0.15) is 0 Å². The molecule has 0 fully saturated rings. The third-order valence-electron chi connectivity index (χ3n) is 2.57. The number of nitrogens with one attached hydrogen (secondary N) is 1. The zero-order valence-corrected chi connectivity index (χ0v) is 12.0. The van der Waals surface area contributed by atoms with Crippen molar-refractivity contribution in [2.24, 2.45) is 0 Å². The summed E-state index contributed by atoms with van der Waals surface area (Å²) in [5.74, 6) is 0.636. The van der Waals surface area contributed by atoms with E-state index in [2.05, 4.69) is 36.2 Å². The van der Waals surface area contributed by atoms with Crippen LogP contribution in [-0.4, -0.2) is 15.0 Å². The molecule has 2 aromatic heterocycles. The lowest BCUT2D eigenvalue weighted by Crippen LogP contribution is -1.96. The summed E-state index contributed by atoms with van der Waals surface area (Å²) in [6, 6.07) is 9.59.